The van der Waals surface area contributed by atoms with Gasteiger partial charge in [0, 0.05) is 0 Å². The largest absolute Gasteiger partial charge is 0.234 e. The van der Waals surface area contributed by atoms with E-state index in [-0.39, 0.29) is 0 Å². The topological polar surface area (TPSA) is 17.1 Å². The maximum atomic E-state index is 8.57. The van der Waals surface area contributed by atoms with E-state index in [1.54, 1.807) is 0 Å². The lowest BCUT2D eigenvalue weighted by Crippen LogP contribution is -1.92. The van der Waals surface area contributed by atoms with E-state index < -0.39 is 0 Å². The second-order valence-corrected chi connectivity index (χ2v) is 7.49. The normalized spacial score (nSPS) is 12.8. The molecule has 1 heteroatoms. The van der Waals surface area contributed by atoms with Crippen LogP contribution in [-0.4, -0.2) is 5.94 Å². The predicted molar refractivity (Wildman–Crippen MR) is 135 cm³/mol. The molecular weight excluding hydrogens is 388 g/mol. The number of carbonyl (C=O) groups excluding carboxylic acids is 1. The average molecular weight is 413 g/mol. The van der Waals surface area contributed by atoms with Crippen LogP contribution in [0.25, 0.3) is 22.3 Å². The SMILES string of the molecule is C=C=O.c1ccc(C2=C(c3ccccc3)C(c3ccccc3)=C(c3ccccc3)C2)cc1. The second kappa shape index (κ2) is 10.2. The van der Waals surface area contributed by atoms with Crippen LogP contribution in [0.4, 0.5) is 0 Å². The van der Waals surface area contributed by atoms with Gasteiger partial charge in [0.25, 0.3) is 0 Å². The summed E-state index contributed by atoms with van der Waals surface area (Å²) < 4.78 is 0. The van der Waals surface area contributed by atoms with E-state index in [4.69, 9.17) is 4.79 Å². The van der Waals surface area contributed by atoms with Crippen LogP contribution in [0.1, 0.15) is 28.7 Å². The summed E-state index contributed by atoms with van der Waals surface area (Å²) in [6.07, 6.45) is 0.933. The third kappa shape index (κ3) is 4.44. The van der Waals surface area contributed by atoms with E-state index in [2.05, 4.69) is 128 Å². The molecule has 0 N–H and O–H groups in total. The predicted octanol–water partition coefficient (Wildman–Crippen LogP) is 7.62. The highest BCUT2D eigenvalue weighted by atomic mass is 16.1. The van der Waals surface area contributed by atoms with Gasteiger partial charge in [-0.05, 0) is 57.5 Å². The first-order valence-corrected chi connectivity index (χ1v) is 10.7. The third-order valence-corrected chi connectivity index (χ3v) is 5.58. The highest BCUT2D eigenvalue weighted by Crippen LogP contribution is 2.51. The van der Waals surface area contributed by atoms with Gasteiger partial charge in [0.2, 0.25) is 0 Å². The van der Waals surface area contributed by atoms with E-state index in [9.17, 15) is 0 Å². The van der Waals surface area contributed by atoms with Crippen LogP contribution in [0.15, 0.2) is 128 Å². The van der Waals surface area contributed by atoms with Gasteiger partial charge >= 0.3 is 0 Å². The Bertz CT molecular complexity index is 1160. The summed E-state index contributed by atoms with van der Waals surface area (Å²) in [7, 11) is 0. The third-order valence-electron chi connectivity index (χ3n) is 5.58. The second-order valence-electron chi connectivity index (χ2n) is 7.49. The lowest BCUT2D eigenvalue weighted by atomic mass is 9.89. The molecule has 0 saturated heterocycles. The number of hydrogen-bond donors (Lipinski definition) is 0. The minimum absolute atomic E-state index is 0.933. The van der Waals surface area contributed by atoms with Crippen molar-refractivity contribution in [3.05, 3.63) is 150 Å². The summed E-state index contributed by atoms with van der Waals surface area (Å²) >= 11 is 0. The van der Waals surface area contributed by atoms with Crippen molar-refractivity contribution in [3.8, 4) is 0 Å². The Morgan fingerprint density at radius 1 is 0.469 bits per heavy atom. The van der Waals surface area contributed by atoms with Crippen LogP contribution in [0.2, 0.25) is 0 Å². The van der Waals surface area contributed by atoms with Crippen molar-refractivity contribution in [2.24, 2.45) is 0 Å². The Kier molecular flexibility index (Phi) is 6.72. The zero-order chi connectivity index (χ0) is 22.2. The monoisotopic (exact) mass is 412 g/mol. The van der Waals surface area contributed by atoms with E-state index >= 15 is 0 Å². The van der Waals surface area contributed by atoms with E-state index in [0.717, 1.165) is 6.42 Å². The average Bonchev–Trinajstić information content (AvgIpc) is 3.27. The lowest BCUT2D eigenvalue weighted by Gasteiger charge is -2.14. The van der Waals surface area contributed by atoms with Crippen LogP contribution in [-0.2, 0) is 4.79 Å². The molecule has 1 aliphatic rings. The van der Waals surface area contributed by atoms with E-state index in [1.807, 2.05) is 0 Å². The molecule has 0 aliphatic heterocycles. The Labute approximate surface area is 189 Å². The van der Waals surface area contributed by atoms with Crippen LogP contribution in [0.3, 0.4) is 0 Å². The zero-order valence-electron chi connectivity index (χ0n) is 17.9. The highest BCUT2D eigenvalue weighted by Gasteiger charge is 2.28. The van der Waals surface area contributed by atoms with E-state index in [0.29, 0.717) is 0 Å². The number of hydrogen-bond acceptors (Lipinski definition) is 1. The Morgan fingerprint density at radius 3 is 1.00 bits per heavy atom. The fourth-order valence-corrected chi connectivity index (χ4v) is 4.27. The summed E-state index contributed by atoms with van der Waals surface area (Å²) in [5, 5.41) is 0. The van der Waals surface area contributed by atoms with Gasteiger partial charge in [0.15, 0.2) is 0 Å². The van der Waals surface area contributed by atoms with Gasteiger partial charge in [-0.15, -0.1) is 0 Å². The van der Waals surface area contributed by atoms with Gasteiger partial charge in [-0.3, -0.25) is 0 Å². The molecule has 0 spiro atoms. The molecule has 0 heterocycles. The van der Waals surface area contributed by atoms with Gasteiger partial charge in [0.05, 0.1) is 0 Å². The summed E-state index contributed by atoms with van der Waals surface area (Å²) in [6.45, 7) is 2.68. The molecule has 5 rings (SSSR count). The highest BCUT2D eigenvalue weighted by molar-refractivity contribution is 6.27. The fourth-order valence-electron chi connectivity index (χ4n) is 4.27. The maximum absolute atomic E-state index is 8.57. The molecule has 32 heavy (non-hydrogen) atoms. The molecule has 0 bridgehead atoms. The minimum Gasteiger partial charge on any atom is -0.234 e. The zero-order valence-corrected chi connectivity index (χ0v) is 17.9. The van der Waals surface area contributed by atoms with Crippen molar-refractivity contribution < 1.29 is 4.79 Å². The molecule has 4 aromatic carbocycles. The first-order valence-electron chi connectivity index (χ1n) is 10.7. The Hall–Kier alpha value is -4.19. The number of benzene rings is 4. The molecule has 0 radical (unpaired) electrons. The quantitative estimate of drug-likeness (QED) is 0.315. The molecule has 0 amide bonds. The molecular formula is C31H24O. The van der Waals surface area contributed by atoms with Crippen molar-refractivity contribution >= 4 is 28.2 Å². The first-order chi connectivity index (χ1) is 15.8. The smallest absolute Gasteiger partial charge is 0.116 e. The van der Waals surface area contributed by atoms with Gasteiger partial charge in [-0.1, -0.05) is 121 Å². The molecule has 1 aliphatic carbocycles. The fraction of sp³-hybridized carbons (Fsp3) is 0.0323. The first kappa shape index (κ1) is 21.1. The molecule has 1 nitrogen and oxygen atoms in total. The van der Waals surface area contributed by atoms with Crippen molar-refractivity contribution in [1.29, 1.82) is 0 Å². The van der Waals surface area contributed by atoms with Gasteiger partial charge < -0.3 is 0 Å². The van der Waals surface area contributed by atoms with Gasteiger partial charge in [-0.25, -0.2) is 4.79 Å². The number of allylic oxidation sites excluding steroid dienone is 4. The van der Waals surface area contributed by atoms with Crippen LogP contribution in [0, 0.1) is 0 Å². The van der Waals surface area contributed by atoms with Crippen LogP contribution >= 0.6 is 0 Å². The summed E-state index contributed by atoms with van der Waals surface area (Å²) in [6, 6.07) is 43.3. The Morgan fingerprint density at radius 2 is 0.719 bits per heavy atom. The van der Waals surface area contributed by atoms with Crippen LogP contribution < -0.4 is 0 Å². The van der Waals surface area contributed by atoms with Gasteiger partial charge in [-0.2, -0.15) is 0 Å². The van der Waals surface area contributed by atoms with Crippen molar-refractivity contribution in [2.45, 2.75) is 6.42 Å². The molecule has 0 fully saturated rings. The molecule has 0 unspecified atom stereocenters. The molecule has 154 valence electrons. The maximum Gasteiger partial charge on any atom is 0.116 e. The van der Waals surface area contributed by atoms with Gasteiger partial charge in [0.1, 0.15) is 5.94 Å². The molecule has 0 atom stereocenters. The standard InChI is InChI=1S/C29H22.C2H2O/c1-5-13-22(14-6-1)26-21-27(23-15-7-2-8-16-23)29(25-19-11-4-12-20-25)28(26)24-17-9-3-10-18-24;1-2-3/h1-20H,21H2;1H2. The Balaban J connectivity index is 0.000000775. The van der Waals surface area contributed by atoms with Crippen molar-refractivity contribution in [2.75, 3.05) is 0 Å². The van der Waals surface area contributed by atoms with Crippen LogP contribution in [0.5, 0.6) is 0 Å². The summed E-state index contributed by atoms with van der Waals surface area (Å²) in [5.74, 6) is 1.25. The minimum atomic E-state index is 0.933. The lowest BCUT2D eigenvalue weighted by molar-refractivity contribution is 0.569. The number of rotatable bonds is 4. The summed E-state index contributed by atoms with van der Waals surface area (Å²) in [5.41, 5.74) is 10.6. The van der Waals surface area contributed by atoms with E-state index in [1.165, 1.54) is 50.5 Å². The molecule has 0 saturated carbocycles. The van der Waals surface area contributed by atoms with Crippen molar-refractivity contribution in [3.63, 3.8) is 0 Å². The summed E-state index contributed by atoms with van der Waals surface area (Å²) in [4.78, 5) is 8.57. The molecule has 4 aromatic rings. The van der Waals surface area contributed by atoms with Crippen molar-refractivity contribution in [1.82, 2.24) is 0 Å². The molecule has 0 aromatic heterocycles.